The summed E-state index contributed by atoms with van der Waals surface area (Å²) in [5, 5.41) is 0.792. The maximum atomic E-state index is 5.64. The molecule has 3 aromatic rings. The zero-order valence-corrected chi connectivity index (χ0v) is 16.7. The number of hydrogen-bond donors (Lipinski definition) is 0. The molecule has 0 amide bonds. The van der Waals surface area contributed by atoms with Crippen molar-refractivity contribution < 1.29 is 4.74 Å². The summed E-state index contributed by atoms with van der Waals surface area (Å²) in [5.74, 6) is 2.23. The van der Waals surface area contributed by atoms with Crippen molar-refractivity contribution in [2.45, 2.75) is 6.92 Å². The summed E-state index contributed by atoms with van der Waals surface area (Å²) in [5.41, 5.74) is 0. The van der Waals surface area contributed by atoms with Crippen LogP contribution in [0.15, 0.2) is 103 Å². The van der Waals surface area contributed by atoms with Crippen molar-refractivity contribution in [2.24, 2.45) is 0 Å². The fourth-order valence-electron chi connectivity index (χ4n) is 3.12. The molecule has 0 fully saturated rings. The van der Waals surface area contributed by atoms with E-state index in [0.717, 1.165) is 0 Å². The van der Waals surface area contributed by atoms with Gasteiger partial charge in [0.05, 0.1) is 0 Å². The summed E-state index contributed by atoms with van der Waals surface area (Å²) in [4.78, 5) is 0. The van der Waals surface area contributed by atoms with Crippen LogP contribution in [0.4, 0.5) is 0 Å². The van der Waals surface area contributed by atoms with Crippen molar-refractivity contribution in [1.29, 1.82) is 0 Å². The molecule has 0 bridgehead atoms. The van der Waals surface area contributed by atoms with Crippen LogP contribution >= 0.6 is 20.8 Å². The van der Waals surface area contributed by atoms with Gasteiger partial charge in [0.15, 0.2) is 0 Å². The van der Waals surface area contributed by atoms with E-state index in [0.29, 0.717) is 6.61 Å². The van der Waals surface area contributed by atoms with Crippen LogP contribution in [0.3, 0.4) is 0 Å². The fraction of sp³-hybridized carbons (Fsp3) is 0.0909. The third-order valence-corrected chi connectivity index (χ3v) is 13.4. The first-order valence-electron chi connectivity index (χ1n) is 8.39. The summed E-state index contributed by atoms with van der Waals surface area (Å²) in [6, 6.07) is 31.9. The van der Waals surface area contributed by atoms with Gasteiger partial charge in [0.25, 0.3) is 0 Å². The molecule has 0 heterocycles. The Kier molecular flexibility index (Phi) is 5.42. The molecule has 0 aliphatic carbocycles. The Bertz CT molecular complexity index is 732. The molecule has 1 nitrogen and oxygen atoms in total. The molecule has 0 aliphatic heterocycles. The van der Waals surface area contributed by atoms with Crippen LogP contribution in [0.1, 0.15) is 6.92 Å². The van der Waals surface area contributed by atoms with Crippen molar-refractivity contribution in [1.82, 2.24) is 0 Å². The molecule has 0 N–H and O–H groups in total. The molecule has 3 heteroatoms. The van der Waals surface area contributed by atoms with Gasteiger partial charge in [-0.25, -0.2) is 0 Å². The standard InChI is InChI=1S/C22H22BrOP/c1-2-24-18-19-25(23,20-12-6-3-7-13-20,21-14-8-4-9-15-21)22-16-10-5-11-17-22/h3-19H,2H2,1H3/b19-18+. The average molecular weight is 413 g/mol. The topological polar surface area (TPSA) is 9.23 Å². The second-order valence-corrected chi connectivity index (χ2v) is 14.2. The Labute approximate surface area is 158 Å². The second-order valence-electron chi connectivity index (χ2n) is 5.82. The molecule has 0 atom stereocenters. The molecular weight excluding hydrogens is 391 g/mol. The Morgan fingerprint density at radius 3 is 1.40 bits per heavy atom. The van der Waals surface area contributed by atoms with Gasteiger partial charge in [-0.15, -0.1) is 0 Å². The third kappa shape index (κ3) is 3.17. The van der Waals surface area contributed by atoms with Crippen molar-refractivity contribution in [3.8, 4) is 0 Å². The number of halogens is 1. The van der Waals surface area contributed by atoms with Crippen LogP contribution in [-0.2, 0) is 4.74 Å². The predicted molar refractivity (Wildman–Crippen MR) is 115 cm³/mol. The van der Waals surface area contributed by atoms with Crippen molar-refractivity contribution in [2.75, 3.05) is 6.61 Å². The number of hydrogen-bond acceptors (Lipinski definition) is 1. The Morgan fingerprint density at radius 2 is 1.08 bits per heavy atom. The van der Waals surface area contributed by atoms with Crippen molar-refractivity contribution in [3.63, 3.8) is 0 Å². The van der Waals surface area contributed by atoms with Crippen LogP contribution < -0.4 is 15.9 Å². The van der Waals surface area contributed by atoms with Crippen LogP contribution in [0.5, 0.6) is 0 Å². The van der Waals surface area contributed by atoms with E-state index in [1.54, 1.807) is 0 Å². The zero-order chi connectivity index (χ0) is 17.6. The molecule has 3 aromatic carbocycles. The summed E-state index contributed by atoms with van der Waals surface area (Å²) in [6.07, 6.45) is 1.85. The summed E-state index contributed by atoms with van der Waals surface area (Å²) in [7, 11) is 0. The minimum absolute atomic E-state index is 0.647. The van der Waals surface area contributed by atoms with E-state index in [4.69, 9.17) is 4.74 Å². The molecule has 25 heavy (non-hydrogen) atoms. The average Bonchev–Trinajstić information content (AvgIpc) is 2.70. The van der Waals surface area contributed by atoms with Gasteiger partial charge in [0.1, 0.15) is 0 Å². The molecule has 0 radical (unpaired) electrons. The quantitative estimate of drug-likeness (QED) is 0.392. The maximum absolute atomic E-state index is 5.64. The van der Waals surface area contributed by atoms with E-state index in [1.165, 1.54) is 15.9 Å². The second kappa shape index (κ2) is 7.56. The van der Waals surface area contributed by atoms with E-state index in [-0.39, 0.29) is 0 Å². The first-order valence-corrected chi connectivity index (χ1v) is 12.7. The molecule has 0 aliphatic rings. The van der Waals surface area contributed by atoms with Crippen LogP contribution in [0, 0.1) is 0 Å². The molecule has 0 saturated heterocycles. The Morgan fingerprint density at radius 1 is 0.720 bits per heavy atom. The number of ether oxygens (including phenoxy) is 1. The van der Waals surface area contributed by atoms with Crippen molar-refractivity contribution >= 4 is 36.7 Å². The normalized spacial score (nSPS) is 13.3. The molecular formula is C22H22BrOP. The monoisotopic (exact) mass is 412 g/mol. The van der Waals surface area contributed by atoms with Crippen LogP contribution in [0.25, 0.3) is 0 Å². The van der Waals surface area contributed by atoms with Gasteiger partial charge < -0.3 is 0 Å². The molecule has 3 rings (SSSR count). The van der Waals surface area contributed by atoms with E-state index in [2.05, 4.69) is 112 Å². The van der Waals surface area contributed by atoms with Gasteiger partial charge in [-0.1, -0.05) is 0 Å². The molecule has 0 unspecified atom stereocenters. The first kappa shape index (κ1) is 17.9. The fourth-order valence-corrected chi connectivity index (χ4v) is 9.53. The van der Waals surface area contributed by atoms with Gasteiger partial charge in [0.2, 0.25) is 0 Å². The van der Waals surface area contributed by atoms with Gasteiger partial charge >= 0.3 is 158 Å². The summed E-state index contributed by atoms with van der Waals surface area (Å²) >= 11 is 4.31. The van der Waals surface area contributed by atoms with Crippen LogP contribution in [0.2, 0.25) is 0 Å². The molecule has 0 spiro atoms. The van der Waals surface area contributed by atoms with Crippen molar-refractivity contribution in [3.05, 3.63) is 103 Å². The van der Waals surface area contributed by atoms with E-state index < -0.39 is 5.31 Å². The molecule has 0 aromatic heterocycles. The van der Waals surface area contributed by atoms with Gasteiger partial charge in [-0.05, 0) is 0 Å². The predicted octanol–water partition coefficient (Wildman–Crippen LogP) is 5.33. The first-order chi connectivity index (χ1) is 12.2. The van der Waals surface area contributed by atoms with Crippen LogP contribution in [-0.4, -0.2) is 6.61 Å². The van der Waals surface area contributed by atoms with Gasteiger partial charge in [-0.3, -0.25) is 0 Å². The summed E-state index contributed by atoms with van der Waals surface area (Å²) < 4.78 is 5.64. The van der Waals surface area contributed by atoms with E-state index in [9.17, 15) is 0 Å². The van der Waals surface area contributed by atoms with E-state index in [1.807, 2.05) is 13.2 Å². The molecule has 128 valence electrons. The minimum atomic E-state index is -2.96. The Balaban J connectivity index is 2.40. The van der Waals surface area contributed by atoms with E-state index >= 15 is 0 Å². The molecule has 0 saturated carbocycles. The van der Waals surface area contributed by atoms with Gasteiger partial charge in [-0.2, -0.15) is 0 Å². The Hall–Kier alpha value is -1.89. The third-order valence-electron chi connectivity index (χ3n) is 4.39. The zero-order valence-electron chi connectivity index (χ0n) is 14.3. The van der Waals surface area contributed by atoms with Gasteiger partial charge in [0, 0.05) is 0 Å². The number of benzene rings is 3. The summed E-state index contributed by atoms with van der Waals surface area (Å²) in [6.45, 7) is 2.65. The SMILES string of the molecule is CCO/C=C/P(Br)(c1ccccc1)(c1ccccc1)c1ccccc1. The number of rotatable bonds is 6.